The Bertz CT molecular complexity index is 553. The van der Waals surface area contributed by atoms with Crippen LogP contribution in [0.25, 0.3) is 0 Å². The minimum Gasteiger partial charge on any atom is -0.279 e. The van der Waals surface area contributed by atoms with Crippen LogP contribution in [0.15, 0.2) is 59.7 Å². The Labute approximate surface area is 100 Å². The molecule has 0 spiro atoms. The van der Waals surface area contributed by atoms with Gasteiger partial charge in [-0.05, 0) is 29.8 Å². The summed E-state index contributed by atoms with van der Waals surface area (Å²) in [5, 5.41) is 12.9. The third kappa shape index (κ3) is 3.18. The lowest BCUT2D eigenvalue weighted by molar-refractivity contribution is 1.35. The summed E-state index contributed by atoms with van der Waals surface area (Å²) in [4.78, 5) is 0. The number of nitrogens with zero attached hydrogens (tertiary/aromatic N) is 2. The van der Waals surface area contributed by atoms with Crippen molar-refractivity contribution in [3.63, 3.8) is 0 Å². The summed E-state index contributed by atoms with van der Waals surface area (Å²) in [6.07, 6.45) is 1.69. The SMILES string of the molecule is N#Cc1cccc(/C=N/Nc2ccccc2)c1. The van der Waals surface area contributed by atoms with E-state index in [0.717, 1.165) is 11.3 Å². The van der Waals surface area contributed by atoms with Gasteiger partial charge in [0.05, 0.1) is 23.5 Å². The van der Waals surface area contributed by atoms with Crippen LogP contribution in [0, 0.1) is 11.3 Å². The Hall–Kier alpha value is -2.60. The maximum atomic E-state index is 8.76. The Morgan fingerprint density at radius 2 is 1.88 bits per heavy atom. The van der Waals surface area contributed by atoms with E-state index in [4.69, 9.17) is 5.26 Å². The van der Waals surface area contributed by atoms with E-state index in [1.165, 1.54) is 0 Å². The normalized spacial score (nSPS) is 10.1. The molecule has 82 valence electrons. The molecule has 0 heterocycles. The molecule has 0 saturated carbocycles. The third-order valence-electron chi connectivity index (χ3n) is 2.20. The van der Waals surface area contributed by atoms with Crippen LogP contribution in [0.5, 0.6) is 0 Å². The predicted molar refractivity (Wildman–Crippen MR) is 68.8 cm³/mol. The van der Waals surface area contributed by atoms with Gasteiger partial charge in [-0.3, -0.25) is 5.43 Å². The lowest BCUT2D eigenvalue weighted by Crippen LogP contribution is -1.90. The molecule has 1 N–H and O–H groups in total. The lowest BCUT2D eigenvalue weighted by atomic mass is 10.1. The summed E-state index contributed by atoms with van der Waals surface area (Å²) in [5.74, 6) is 0. The van der Waals surface area contributed by atoms with Crippen molar-refractivity contribution in [3.05, 3.63) is 65.7 Å². The molecule has 0 radical (unpaired) electrons. The second-order valence-electron chi connectivity index (χ2n) is 3.47. The molecule has 0 saturated heterocycles. The maximum Gasteiger partial charge on any atom is 0.0991 e. The summed E-state index contributed by atoms with van der Waals surface area (Å²) in [5.41, 5.74) is 5.38. The van der Waals surface area contributed by atoms with Crippen LogP contribution in [0.4, 0.5) is 5.69 Å². The molecular weight excluding hydrogens is 210 g/mol. The largest absolute Gasteiger partial charge is 0.279 e. The summed E-state index contributed by atoms with van der Waals surface area (Å²) in [7, 11) is 0. The van der Waals surface area contributed by atoms with E-state index in [0.29, 0.717) is 5.56 Å². The van der Waals surface area contributed by atoms with Gasteiger partial charge >= 0.3 is 0 Å². The zero-order chi connectivity index (χ0) is 11.9. The van der Waals surface area contributed by atoms with Crippen LogP contribution in [0.2, 0.25) is 0 Å². The van der Waals surface area contributed by atoms with E-state index in [1.807, 2.05) is 42.5 Å². The van der Waals surface area contributed by atoms with Gasteiger partial charge in [0.2, 0.25) is 0 Å². The smallest absolute Gasteiger partial charge is 0.0991 e. The summed E-state index contributed by atoms with van der Waals surface area (Å²) < 4.78 is 0. The van der Waals surface area contributed by atoms with Crippen molar-refractivity contribution in [3.8, 4) is 6.07 Å². The number of nitriles is 1. The average molecular weight is 221 g/mol. The number of benzene rings is 2. The van der Waals surface area contributed by atoms with Crippen molar-refractivity contribution in [1.29, 1.82) is 5.26 Å². The number of rotatable bonds is 3. The molecule has 0 atom stereocenters. The Morgan fingerprint density at radius 3 is 2.65 bits per heavy atom. The van der Waals surface area contributed by atoms with Crippen LogP contribution in [-0.4, -0.2) is 6.21 Å². The van der Waals surface area contributed by atoms with Gasteiger partial charge in [-0.1, -0.05) is 30.3 Å². The Balaban J connectivity index is 2.04. The molecular formula is C14H11N3. The van der Waals surface area contributed by atoms with Crippen molar-refractivity contribution < 1.29 is 0 Å². The van der Waals surface area contributed by atoms with Crippen molar-refractivity contribution in [2.45, 2.75) is 0 Å². The molecule has 2 aromatic rings. The number of anilines is 1. The highest BCUT2D eigenvalue weighted by Gasteiger charge is 1.91. The predicted octanol–water partition coefficient (Wildman–Crippen LogP) is 3.00. The first kappa shape index (κ1) is 10.9. The van der Waals surface area contributed by atoms with Gasteiger partial charge in [-0.2, -0.15) is 10.4 Å². The Kier molecular flexibility index (Phi) is 3.51. The van der Waals surface area contributed by atoms with Crippen LogP contribution in [0.1, 0.15) is 11.1 Å². The molecule has 0 fully saturated rings. The molecule has 0 bridgehead atoms. The molecule has 3 nitrogen and oxygen atoms in total. The standard InChI is InChI=1S/C14H11N3/c15-10-12-5-4-6-13(9-12)11-16-17-14-7-2-1-3-8-14/h1-9,11,17H/b16-11+. The van der Waals surface area contributed by atoms with Crippen molar-refractivity contribution in [2.75, 3.05) is 5.43 Å². The molecule has 2 rings (SSSR count). The fraction of sp³-hybridized carbons (Fsp3) is 0. The van der Waals surface area contributed by atoms with Crippen LogP contribution in [-0.2, 0) is 0 Å². The fourth-order valence-corrected chi connectivity index (χ4v) is 1.38. The highest BCUT2D eigenvalue weighted by atomic mass is 15.3. The number of hydrogen-bond acceptors (Lipinski definition) is 3. The highest BCUT2D eigenvalue weighted by molar-refractivity contribution is 5.80. The zero-order valence-electron chi connectivity index (χ0n) is 9.17. The van der Waals surface area contributed by atoms with Gasteiger partial charge in [-0.15, -0.1) is 0 Å². The van der Waals surface area contributed by atoms with Gasteiger partial charge in [0, 0.05) is 0 Å². The molecule has 0 aromatic heterocycles. The topological polar surface area (TPSA) is 48.2 Å². The first-order valence-corrected chi connectivity index (χ1v) is 5.23. The minimum absolute atomic E-state index is 0.633. The number of nitrogens with one attached hydrogen (secondary N) is 1. The van der Waals surface area contributed by atoms with E-state index in [-0.39, 0.29) is 0 Å². The number of hydrazone groups is 1. The van der Waals surface area contributed by atoms with E-state index < -0.39 is 0 Å². The third-order valence-corrected chi connectivity index (χ3v) is 2.20. The van der Waals surface area contributed by atoms with E-state index in [1.54, 1.807) is 18.3 Å². The van der Waals surface area contributed by atoms with Crippen LogP contribution < -0.4 is 5.43 Å². The molecule has 0 aliphatic heterocycles. The summed E-state index contributed by atoms with van der Waals surface area (Å²) >= 11 is 0. The molecule has 0 amide bonds. The summed E-state index contributed by atoms with van der Waals surface area (Å²) in [6.45, 7) is 0. The van der Waals surface area contributed by atoms with Crippen LogP contribution >= 0.6 is 0 Å². The monoisotopic (exact) mass is 221 g/mol. The van der Waals surface area contributed by atoms with E-state index >= 15 is 0 Å². The summed E-state index contributed by atoms with van der Waals surface area (Å²) in [6, 6.07) is 19.1. The van der Waals surface area contributed by atoms with Gasteiger partial charge in [0.25, 0.3) is 0 Å². The molecule has 0 aliphatic carbocycles. The quantitative estimate of drug-likeness (QED) is 0.639. The zero-order valence-corrected chi connectivity index (χ0v) is 9.17. The van der Waals surface area contributed by atoms with Crippen molar-refractivity contribution >= 4 is 11.9 Å². The molecule has 17 heavy (non-hydrogen) atoms. The number of hydrogen-bond donors (Lipinski definition) is 1. The molecule has 2 aromatic carbocycles. The van der Waals surface area contributed by atoms with Crippen LogP contribution in [0.3, 0.4) is 0 Å². The van der Waals surface area contributed by atoms with Gasteiger partial charge in [-0.25, -0.2) is 0 Å². The van der Waals surface area contributed by atoms with Crippen molar-refractivity contribution in [2.24, 2.45) is 5.10 Å². The fourth-order valence-electron chi connectivity index (χ4n) is 1.38. The van der Waals surface area contributed by atoms with E-state index in [2.05, 4.69) is 16.6 Å². The second-order valence-corrected chi connectivity index (χ2v) is 3.47. The lowest BCUT2D eigenvalue weighted by Gasteiger charge is -1.98. The number of para-hydroxylation sites is 1. The second kappa shape index (κ2) is 5.47. The van der Waals surface area contributed by atoms with Crippen molar-refractivity contribution in [1.82, 2.24) is 0 Å². The molecule has 3 heteroatoms. The van der Waals surface area contributed by atoms with Gasteiger partial charge in [0.15, 0.2) is 0 Å². The minimum atomic E-state index is 0.633. The first-order chi connectivity index (χ1) is 8.38. The average Bonchev–Trinajstić information content (AvgIpc) is 2.40. The maximum absolute atomic E-state index is 8.76. The first-order valence-electron chi connectivity index (χ1n) is 5.23. The van der Waals surface area contributed by atoms with E-state index in [9.17, 15) is 0 Å². The highest BCUT2D eigenvalue weighted by Crippen LogP contribution is 2.05. The molecule has 0 aliphatic rings. The molecule has 0 unspecified atom stereocenters. The van der Waals surface area contributed by atoms with Gasteiger partial charge in [0.1, 0.15) is 0 Å². The Morgan fingerprint density at radius 1 is 1.06 bits per heavy atom. The van der Waals surface area contributed by atoms with Gasteiger partial charge < -0.3 is 0 Å².